The van der Waals surface area contributed by atoms with Crippen LogP contribution in [0, 0.1) is 0 Å². The van der Waals surface area contributed by atoms with E-state index in [0.29, 0.717) is 0 Å². The number of rotatable bonds is 4. The van der Waals surface area contributed by atoms with Crippen LogP contribution in [-0.2, 0) is 9.53 Å². The van der Waals surface area contributed by atoms with Gasteiger partial charge in [0.25, 0.3) is 0 Å². The molecule has 0 aromatic rings. The second-order valence-electron chi connectivity index (χ2n) is 7.73. The van der Waals surface area contributed by atoms with Gasteiger partial charge in [-0.1, -0.05) is 12.8 Å². The molecular formula is C17H33N3O3. The largest absolute Gasteiger partial charge is 0.444 e. The van der Waals surface area contributed by atoms with Crippen LogP contribution in [0.4, 0.5) is 4.79 Å². The summed E-state index contributed by atoms with van der Waals surface area (Å²) in [5, 5.41) is 2.96. The second-order valence-corrected chi connectivity index (χ2v) is 7.73. The number of amides is 2. The van der Waals surface area contributed by atoms with Crippen LogP contribution in [0.5, 0.6) is 0 Å². The van der Waals surface area contributed by atoms with Gasteiger partial charge in [-0.15, -0.1) is 0 Å². The number of nitrogens with one attached hydrogen (secondary N) is 1. The molecule has 0 aliphatic heterocycles. The van der Waals surface area contributed by atoms with Crippen molar-refractivity contribution in [2.75, 3.05) is 0 Å². The first-order chi connectivity index (χ1) is 10.5. The van der Waals surface area contributed by atoms with Crippen LogP contribution in [0.2, 0.25) is 0 Å². The zero-order chi connectivity index (χ0) is 17.8. The van der Waals surface area contributed by atoms with Gasteiger partial charge in [-0.2, -0.15) is 0 Å². The maximum atomic E-state index is 12.5. The van der Waals surface area contributed by atoms with E-state index in [9.17, 15) is 9.59 Å². The fraction of sp³-hybridized carbons (Fsp3) is 0.882. The van der Waals surface area contributed by atoms with E-state index < -0.39 is 17.7 Å². The molecule has 1 saturated carbocycles. The Bertz CT molecular complexity index is 416. The topological polar surface area (TPSA) is 84.7 Å². The molecular weight excluding hydrogens is 294 g/mol. The average Bonchev–Trinajstić information content (AvgIpc) is 2.38. The van der Waals surface area contributed by atoms with E-state index in [0.717, 1.165) is 25.7 Å². The SMILES string of the molecule is CC(C)N(C(=O)[C@H](C)N)C1CCCCC1NC(=O)OC(C)(C)C. The van der Waals surface area contributed by atoms with Gasteiger partial charge in [0.05, 0.1) is 18.1 Å². The third-order valence-corrected chi connectivity index (χ3v) is 3.99. The maximum absolute atomic E-state index is 12.5. The molecule has 2 unspecified atom stereocenters. The van der Waals surface area contributed by atoms with Crippen LogP contribution >= 0.6 is 0 Å². The minimum atomic E-state index is -0.540. The van der Waals surface area contributed by atoms with Crippen molar-refractivity contribution in [1.29, 1.82) is 0 Å². The first-order valence-corrected chi connectivity index (χ1v) is 8.60. The zero-order valence-corrected chi connectivity index (χ0v) is 15.4. The molecule has 134 valence electrons. The summed E-state index contributed by atoms with van der Waals surface area (Å²) in [5.74, 6) is -0.0668. The number of hydrogen-bond donors (Lipinski definition) is 2. The molecule has 6 nitrogen and oxygen atoms in total. The molecule has 2 amide bonds. The molecule has 1 fully saturated rings. The zero-order valence-electron chi connectivity index (χ0n) is 15.4. The Kier molecular flexibility index (Phi) is 6.86. The minimum Gasteiger partial charge on any atom is -0.444 e. The lowest BCUT2D eigenvalue weighted by Gasteiger charge is -2.43. The van der Waals surface area contributed by atoms with Crippen LogP contribution in [0.25, 0.3) is 0 Å². The summed E-state index contributed by atoms with van der Waals surface area (Å²) >= 11 is 0. The van der Waals surface area contributed by atoms with Gasteiger partial charge in [-0.05, 0) is 54.4 Å². The predicted octanol–water partition coefficient (Wildman–Crippen LogP) is 2.41. The van der Waals surface area contributed by atoms with Crippen molar-refractivity contribution in [3.8, 4) is 0 Å². The van der Waals surface area contributed by atoms with Crippen molar-refractivity contribution in [1.82, 2.24) is 10.2 Å². The number of nitrogens with two attached hydrogens (primary N) is 1. The Balaban J connectivity index is 2.87. The lowest BCUT2D eigenvalue weighted by molar-refractivity contribution is -0.138. The molecule has 0 aromatic carbocycles. The summed E-state index contributed by atoms with van der Waals surface area (Å²) in [4.78, 5) is 26.4. The smallest absolute Gasteiger partial charge is 0.407 e. The molecule has 0 radical (unpaired) electrons. The number of hydrogen-bond acceptors (Lipinski definition) is 4. The van der Waals surface area contributed by atoms with Crippen LogP contribution in [0.15, 0.2) is 0 Å². The van der Waals surface area contributed by atoms with E-state index in [4.69, 9.17) is 10.5 Å². The number of carbonyl (C=O) groups is 2. The van der Waals surface area contributed by atoms with Crippen molar-refractivity contribution in [2.45, 2.75) is 97.0 Å². The van der Waals surface area contributed by atoms with E-state index in [1.807, 2.05) is 39.5 Å². The summed E-state index contributed by atoms with van der Waals surface area (Å²) in [6.07, 6.45) is 3.38. The monoisotopic (exact) mass is 327 g/mol. The first kappa shape index (κ1) is 19.7. The Morgan fingerprint density at radius 3 is 2.22 bits per heavy atom. The average molecular weight is 327 g/mol. The highest BCUT2D eigenvalue weighted by atomic mass is 16.6. The van der Waals surface area contributed by atoms with Crippen LogP contribution < -0.4 is 11.1 Å². The molecule has 6 heteroatoms. The lowest BCUT2D eigenvalue weighted by atomic mass is 9.88. The third-order valence-electron chi connectivity index (χ3n) is 3.99. The van der Waals surface area contributed by atoms with Crippen LogP contribution in [0.1, 0.15) is 67.2 Å². The second kappa shape index (κ2) is 7.99. The Labute approximate surface area is 140 Å². The predicted molar refractivity (Wildman–Crippen MR) is 91.0 cm³/mol. The number of nitrogens with zero attached hydrogens (tertiary/aromatic N) is 1. The van der Waals surface area contributed by atoms with Crippen LogP contribution in [0.3, 0.4) is 0 Å². The van der Waals surface area contributed by atoms with E-state index in [-0.39, 0.29) is 24.0 Å². The third kappa shape index (κ3) is 6.01. The minimum absolute atomic E-state index is 0.0326. The number of ether oxygens (including phenoxy) is 1. The molecule has 0 saturated heterocycles. The Morgan fingerprint density at radius 2 is 1.74 bits per heavy atom. The maximum Gasteiger partial charge on any atom is 0.407 e. The van der Waals surface area contributed by atoms with Crippen LogP contribution in [-0.4, -0.2) is 46.7 Å². The summed E-state index contributed by atoms with van der Waals surface area (Å²) < 4.78 is 5.36. The van der Waals surface area contributed by atoms with Crippen molar-refractivity contribution in [2.24, 2.45) is 5.73 Å². The van der Waals surface area contributed by atoms with Crippen molar-refractivity contribution in [3.63, 3.8) is 0 Å². The molecule has 1 rings (SSSR count). The van der Waals surface area contributed by atoms with Gasteiger partial charge in [-0.25, -0.2) is 4.79 Å². The van der Waals surface area contributed by atoms with Gasteiger partial charge in [0.1, 0.15) is 5.60 Å². The normalized spacial score (nSPS) is 23.3. The highest BCUT2D eigenvalue weighted by molar-refractivity contribution is 5.82. The van der Waals surface area contributed by atoms with Gasteiger partial charge in [0, 0.05) is 6.04 Å². The van der Waals surface area contributed by atoms with E-state index in [1.165, 1.54) is 0 Å². The van der Waals surface area contributed by atoms with E-state index in [1.54, 1.807) is 6.92 Å². The molecule has 23 heavy (non-hydrogen) atoms. The Morgan fingerprint density at radius 1 is 1.17 bits per heavy atom. The highest BCUT2D eigenvalue weighted by Gasteiger charge is 2.36. The molecule has 0 heterocycles. The summed E-state index contributed by atoms with van der Waals surface area (Å²) in [5.41, 5.74) is 5.27. The number of carbonyl (C=O) groups excluding carboxylic acids is 2. The quantitative estimate of drug-likeness (QED) is 0.830. The fourth-order valence-electron chi connectivity index (χ4n) is 3.11. The summed E-state index contributed by atoms with van der Waals surface area (Å²) in [6, 6.07) is -0.625. The molecule has 0 spiro atoms. The summed E-state index contributed by atoms with van der Waals surface area (Å²) in [6.45, 7) is 11.2. The van der Waals surface area contributed by atoms with Gasteiger partial charge in [0.2, 0.25) is 5.91 Å². The molecule has 1 aliphatic rings. The molecule has 1 aliphatic carbocycles. The fourth-order valence-corrected chi connectivity index (χ4v) is 3.11. The van der Waals surface area contributed by atoms with Crippen molar-refractivity contribution >= 4 is 12.0 Å². The Hall–Kier alpha value is -1.30. The standard InChI is InChI=1S/C17H33N3O3/c1-11(2)20(15(21)12(3)18)14-10-8-7-9-13(14)19-16(22)23-17(4,5)6/h11-14H,7-10,18H2,1-6H3,(H,19,22)/t12-,13?,14?/m0/s1. The summed E-state index contributed by atoms with van der Waals surface area (Å²) in [7, 11) is 0. The number of alkyl carbamates (subject to hydrolysis) is 1. The van der Waals surface area contributed by atoms with Gasteiger partial charge >= 0.3 is 6.09 Å². The lowest BCUT2D eigenvalue weighted by Crippen LogP contribution is -2.59. The van der Waals surface area contributed by atoms with Gasteiger partial charge in [-0.3, -0.25) is 4.79 Å². The van der Waals surface area contributed by atoms with Gasteiger partial charge < -0.3 is 20.7 Å². The van der Waals surface area contributed by atoms with Gasteiger partial charge in [0.15, 0.2) is 0 Å². The molecule has 3 N–H and O–H groups in total. The van der Waals surface area contributed by atoms with Crippen molar-refractivity contribution in [3.05, 3.63) is 0 Å². The molecule has 0 bridgehead atoms. The molecule has 3 atom stereocenters. The van der Waals surface area contributed by atoms with E-state index >= 15 is 0 Å². The van der Waals surface area contributed by atoms with E-state index in [2.05, 4.69) is 5.32 Å². The first-order valence-electron chi connectivity index (χ1n) is 8.60. The molecule has 0 aromatic heterocycles. The highest BCUT2D eigenvalue weighted by Crippen LogP contribution is 2.26. The van der Waals surface area contributed by atoms with Crippen molar-refractivity contribution < 1.29 is 14.3 Å².